The van der Waals surface area contributed by atoms with Crippen molar-refractivity contribution in [2.45, 2.75) is 20.4 Å². The maximum atomic E-state index is 12.4. The summed E-state index contributed by atoms with van der Waals surface area (Å²) in [5, 5.41) is 13.7. The second-order valence-electron chi connectivity index (χ2n) is 5.48. The Morgan fingerprint density at radius 1 is 1.33 bits per heavy atom. The molecule has 0 saturated carbocycles. The van der Waals surface area contributed by atoms with Crippen molar-refractivity contribution in [1.82, 2.24) is 9.72 Å². The van der Waals surface area contributed by atoms with Crippen LogP contribution in [-0.4, -0.2) is 27.9 Å². The number of carboxylic acid groups (broad SMARTS) is 1. The molecule has 0 spiro atoms. The molecule has 0 amide bonds. The zero-order valence-corrected chi connectivity index (χ0v) is 13.5. The molecule has 2 heterocycles. The number of aromatic nitrogens is 2. The summed E-state index contributed by atoms with van der Waals surface area (Å²) >= 11 is 0. The molecule has 0 aliphatic heterocycles. The molecule has 0 saturated heterocycles. The van der Waals surface area contributed by atoms with Gasteiger partial charge < -0.3 is 18.9 Å². The Kier molecular flexibility index (Phi) is 3.84. The van der Waals surface area contributed by atoms with Gasteiger partial charge in [0.15, 0.2) is 0 Å². The summed E-state index contributed by atoms with van der Waals surface area (Å²) in [6.07, 6.45) is 0. The van der Waals surface area contributed by atoms with E-state index < -0.39 is 5.97 Å². The Bertz CT molecular complexity index is 981. The lowest BCUT2D eigenvalue weighted by atomic mass is 10.1. The number of pyridine rings is 1. The van der Waals surface area contributed by atoms with Crippen LogP contribution in [-0.2, 0) is 6.54 Å². The van der Waals surface area contributed by atoms with Crippen molar-refractivity contribution in [2.24, 2.45) is 0 Å². The maximum Gasteiger partial charge on any atom is 0.335 e. The molecule has 1 N–H and O–H groups in total. The van der Waals surface area contributed by atoms with E-state index in [2.05, 4.69) is 5.16 Å². The van der Waals surface area contributed by atoms with Gasteiger partial charge in [-0.3, -0.25) is 4.79 Å². The number of nitrogens with zero attached hydrogens (tertiary/aromatic N) is 2. The SMILES string of the molecule is COc1cc(C(=O)O)cc2ccc(=O)n(Cc3c(C)noc3C)c12. The maximum absolute atomic E-state index is 12.4. The number of aromatic carboxylic acids is 1. The van der Waals surface area contributed by atoms with Crippen molar-refractivity contribution < 1.29 is 19.2 Å². The van der Waals surface area contributed by atoms with Gasteiger partial charge in [0.1, 0.15) is 11.5 Å². The van der Waals surface area contributed by atoms with Crippen molar-refractivity contribution in [3.8, 4) is 5.75 Å². The predicted octanol–water partition coefficient (Wildman–Crippen LogP) is 2.36. The van der Waals surface area contributed by atoms with Crippen molar-refractivity contribution in [3.63, 3.8) is 0 Å². The minimum Gasteiger partial charge on any atom is -0.495 e. The summed E-state index contributed by atoms with van der Waals surface area (Å²) in [6, 6.07) is 5.93. The average Bonchev–Trinajstić information content (AvgIpc) is 2.87. The van der Waals surface area contributed by atoms with Gasteiger partial charge in [-0.2, -0.15) is 0 Å². The van der Waals surface area contributed by atoms with E-state index in [0.717, 1.165) is 5.56 Å². The monoisotopic (exact) mass is 328 g/mol. The molecule has 3 aromatic rings. The van der Waals surface area contributed by atoms with E-state index in [9.17, 15) is 14.7 Å². The standard InChI is InChI=1S/C17H16N2O5/c1-9-13(10(2)24-18-9)8-19-15(20)5-4-11-6-12(17(21)22)7-14(23-3)16(11)19/h4-7H,8H2,1-3H3,(H,21,22). The number of methoxy groups -OCH3 is 1. The van der Waals surface area contributed by atoms with Gasteiger partial charge in [-0.1, -0.05) is 5.16 Å². The molecule has 124 valence electrons. The first-order chi connectivity index (χ1) is 11.4. The van der Waals surface area contributed by atoms with Crippen LogP contribution in [0.15, 0.2) is 33.6 Å². The van der Waals surface area contributed by atoms with Crippen LogP contribution in [0.25, 0.3) is 10.9 Å². The van der Waals surface area contributed by atoms with Crippen molar-refractivity contribution in [1.29, 1.82) is 0 Å². The molecule has 7 nitrogen and oxygen atoms in total. The molecule has 7 heteroatoms. The average molecular weight is 328 g/mol. The first-order valence-corrected chi connectivity index (χ1v) is 7.29. The van der Waals surface area contributed by atoms with Crippen LogP contribution in [0.5, 0.6) is 5.75 Å². The van der Waals surface area contributed by atoms with Crippen molar-refractivity contribution in [2.75, 3.05) is 7.11 Å². The zero-order chi connectivity index (χ0) is 17.4. The second-order valence-corrected chi connectivity index (χ2v) is 5.48. The number of ether oxygens (including phenoxy) is 1. The predicted molar refractivity (Wildman–Crippen MR) is 86.8 cm³/mol. The highest BCUT2D eigenvalue weighted by molar-refractivity contribution is 5.96. The molecular formula is C17H16N2O5. The molecule has 0 atom stereocenters. The molecule has 0 bridgehead atoms. The van der Waals surface area contributed by atoms with Crippen LogP contribution < -0.4 is 10.3 Å². The van der Waals surface area contributed by atoms with Crippen LogP contribution in [0, 0.1) is 13.8 Å². The van der Waals surface area contributed by atoms with Crippen LogP contribution in [0.3, 0.4) is 0 Å². The van der Waals surface area contributed by atoms with E-state index in [0.29, 0.717) is 28.1 Å². The summed E-state index contributed by atoms with van der Waals surface area (Å²) in [4.78, 5) is 23.7. The third kappa shape index (κ3) is 2.54. The van der Waals surface area contributed by atoms with E-state index >= 15 is 0 Å². The number of fused-ring (bicyclic) bond motifs is 1. The number of rotatable bonds is 4. The Morgan fingerprint density at radius 2 is 2.08 bits per heavy atom. The van der Waals surface area contributed by atoms with Gasteiger partial charge in [0, 0.05) is 17.0 Å². The molecule has 0 aliphatic carbocycles. The van der Waals surface area contributed by atoms with Gasteiger partial charge in [0.25, 0.3) is 5.56 Å². The minimum atomic E-state index is -1.06. The van der Waals surface area contributed by atoms with Crippen LogP contribution in [0.1, 0.15) is 27.4 Å². The number of benzene rings is 1. The fraction of sp³-hybridized carbons (Fsp3) is 0.235. The molecule has 2 aromatic heterocycles. The molecule has 3 rings (SSSR count). The first-order valence-electron chi connectivity index (χ1n) is 7.29. The third-order valence-electron chi connectivity index (χ3n) is 4.01. The number of hydrogen-bond donors (Lipinski definition) is 1. The van der Waals surface area contributed by atoms with Gasteiger partial charge in [-0.25, -0.2) is 4.79 Å². The number of hydrogen-bond acceptors (Lipinski definition) is 5. The molecule has 0 unspecified atom stereocenters. The van der Waals surface area contributed by atoms with Crippen molar-refractivity contribution >= 4 is 16.9 Å². The normalized spacial score (nSPS) is 11.0. The van der Waals surface area contributed by atoms with Gasteiger partial charge in [0.2, 0.25) is 0 Å². The fourth-order valence-electron chi connectivity index (χ4n) is 2.73. The van der Waals surface area contributed by atoms with Crippen LogP contribution >= 0.6 is 0 Å². The lowest BCUT2D eigenvalue weighted by Gasteiger charge is -2.14. The molecule has 0 aliphatic rings. The van der Waals surface area contributed by atoms with Crippen LogP contribution in [0.4, 0.5) is 0 Å². The molecule has 0 radical (unpaired) electrons. The fourth-order valence-corrected chi connectivity index (χ4v) is 2.73. The highest BCUT2D eigenvalue weighted by Crippen LogP contribution is 2.27. The van der Waals surface area contributed by atoms with Crippen molar-refractivity contribution in [3.05, 3.63) is 57.2 Å². The Hall–Kier alpha value is -3.09. The lowest BCUT2D eigenvalue weighted by Crippen LogP contribution is -2.21. The zero-order valence-electron chi connectivity index (χ0n) is 13.5. The van der Waals surface area contributed by atoms with E-state index in [1.165, 1.54) is 29.9 Å². The summed E-state index contributed by atoms with van der Waals surface area (Å²) < 4.78 is 12.0. The lowest BCUT2D eigenvalue weighted by molar-refractivity contribution is 0.0696. The largest absolute Gasteiger partial charge is 0.495 e. The van der Waals surface area contributed by atoms with Gasteiger partial charge in [-0.15, -0.1) is 0 Å². The van der Waals surface area contributed by atoms with Crippen LogP contribution in [0.2, 0.25) is 0 Å². The Balaban J connectivity index is 2.29. The van der Waals surface area contributed by atoms with E-state index in [1.807, 2.05) is 6.92 Å². The number of aryl methyl sites for hydroxylation is 2. The quantitative estimate of drug-likeness (QED) is 0.790. The molecule has 0 fully saturated rings. The summed E-state index contributed by atoms with van der Waals surface area (Å²) in [5.41, 5.74) is 1.94. The molecule has 1 aromatic carbocycles. The summed E-state index contributed by atoms with van der Waals surface area (Å²) in [7, 11) is 1.44. The number of carboxylic acids is 1. The van der Waals surface area contributed by atoms with Gasteiger partial charge >= 0.3 is 5.97 Å². The first kappa shape index (κ1) is 15.8. The van der Waals surface area contributed by atoms with E-state index in [1.54, 1.807) is 13.0 Å². The highest BCUT2D eigenvalue weighted by Gasteiger charge is 2.16. The highest BCUT2D eigenvalue weighted by atomic mass is 16.5. The van der Waals surface area contributed by atoms with E-state index in [4.69, 9.17) is 9.26 Å². The topological polar surface area (TPSA) is 94.6 Å². The smallest absolute Gasteiger partial charge is 0.335 e. The third-order valence-corrected chi connectivity index (χ3v) is 4.01. The Labute approximate surface area is 137 Å². The number of carbonyl (C=O) groups is 1. The van der Waals surface area contributed by atoms with Gasteiger partial charge in [0.05, 0.1) is 30.4 Å². The summed E-state index contributed by atoms with van der Waals surface area (Å²) in [6.45, 7) is 3.85. The second kappa shape index (κ2) is 5.84. The van der Waals surface area contributed by atoms with E-state index in [-0.39, 0.29) is 17.7 Å². The minimum absolute atomic E-state index is 0.0990. The molecule has 24 heavy (non-hydrogen) atoms. The Morgan fingerprint density at radius 3 is 2.67 bits per heavy atom. The summed E-state index contributed by atoms with van der Waals surface area (Å²) in [5.74, 6) is -0.0921. The van der Waals surface area contributed by atoms with Gasteiger partial charge in [-0.05, 0) is 32.0 Å². The molecular weight excluding hydrogens is 312 g/mol.